The Hall–Kier alpha value is -1.01. The van der Waals surface area contributed by atoms with Crippen molar-refractivity contribution in [2.45, 2.75) is 6.10 Å². The monoisotopic (exact) mass is 197 g/mol. The van der Waals surface area contributed by atoms with E-state index < -0.39 is 0 Å². The van der Waals surface area contributed by atoms with E-state index in [9.17, 15) is 0 Å². The Morgan fingerprint density at radius 2 is 2.43 bits per heavy atom. The van der Waals surface area contributed by atoms with Crippen LogP contribution < -0.4 is 10.8 Å². The molecule has 0 spiro atoms. The summed E-state index contributed by atoms with van der Waals surface area (Å²) in [4.78, 5) is 0. The molecule has 4 N–H and O–H groups in total. The molecule has 0 heterocycles. The van der Waals surface area contributed by atoms with E-state index in [1.54, 1.807) is 13.2 Å². The summed E-state index contributed by atoms with van der Waals surface area (Å²) in [5, 5.41) is 18.9. The summed E-state index contributed by atoms with van der Waals surface area (Å²) in [6.07, 6.45) is 5.29. The Morgan fingerprint density at radius 3 is 3.00 bits per heavy atom. The van der Waals surface area contributed by atoms with Crippen molar-refractivity contribution in [1.29, 1.82) is 5.41 Å². The van der Waals surface area contributed by atoms with Crippen LogP contribution in [0.5, 0.6) is 0 Å². The fourth-order valence-corrected chi connectivity index (χ4v) is 1.22. The van der Waals surface area contributed by atoms with E-state index in [0.29, 0.717) is 18.9 Å². The number of hydrogen-bond donors (Lipinski definition) is 4. The predicted octanol–water partition coefficient (Wildman–Crippen LogP) is 0.0433. The molecule has 1 aliphatic carbocycles. The van der Waals surface area contributed by atoms with Gasteiger partial charge in [0.2, 0.25) is 0 Å². The van der Waals surface area contributed by atoms with Crippen LogP contribution in [0.1, 0.15) is 0 Å². The smallest absolute Gasteiger partial charge is 0.117 e. The number of ether oxygens (including phenoxy) is 1. The van der Waals surface area contributed by atoms with E-state index in [2.05, 4.69) is 5.32 Å². The molecule has 14 heavy (non-hydrogen) atoms. The Bertz CT molecular complexity index is 261. The van der Waals surface area contributed by atoms with Crippen LogP contribution >= 0.6 is 0 Å². The number of nitrogens with one attached hydrogen (secondary N) is 3. The number of hydrogen-bond acceptors (Lipinski definition) is 5. The van der Waals surface area contributed by atoms with Gasteiger partial charge in [-0.05, 0) is 17.7 Å². The first-order chi connectivity index (χ1) is 6.77. The second kappa shape index (κ2) is 5.66. The van der Waals surface area contributed by atoms with Gasteiger partial charge in [-0.25, -0.2) is 0 Å². The molecular weight excluding hydrogens is 182 g/mol. The van der Waals surface area contributed by atoms with Crippen LogP contribution in [-0.2, 0) is 4.74 Å². The second-order valence-electron chi connectivity index (χ2n) is 2.95. The minimum atomic E-state index is -0.227. The van der Waals surface area contributed by atoms with Crippen molar-refractivity contribution in [2.24, 2.45) is 0 Å². The first-order valence-electron chi connectivity index (χ1n) is 4.35. The topological polar surface area (TPSA) is 77.4 Å². The maximum absolute atomic E-state index is 8.32. The first-order valence-corrected chi connectivity index (χ1v) is 4.35. The van der Waals surface area contributed by atoms with Gasteiger partial charge in [-0.1, -0.05) is 6.08 Å². The lowest BCUT2D eigenvalue weighted by molar-refractivity contribution is 0.159. The second-order valence-corrected chi connectivity index (χ2v) is 2.95. The highest BCUT2D eigenvalue weighted by atomic mass is 16.5. The van der Waals surface area contributed by atoms with Gasteiger partial charge in [-0.2, -0.15) is 5.48 Å². The summed E-state index contributed by atoms with van der Waals surface area (Å²) < 4.78 is 5.05. The van der Waals surface area contributed by atoms with Crippen LogP contribution in [0.25, 0.3) is 0 Å². The molecule has 0 saturated heterocycles. The predicted molar refractivity (Wildman–Crippen MR) is 53.5 cm³/mol. The van der Waals surface area contributed by atoms with Gasteiger partial charge in [0.1, 0.15) is 6.10 Å². The lowest BCUT2D eigenvalue weighted by atomic mass is 10.0. The van der Waals surface area contributed by atoms with Crippen molar-refractivity contribution in [2.75, 3.05) is 20.3 Å². The standard InChI is InChI=1S/C9H15N3O2/c1-14-9-3-2-7(4-8(9)10)5-11-6-12-13/h2-4,9-13H,5-6H2,1H3. The SMILES string of the molecule is COC1C=CC(CNCNO)=CC1=N. The Balaban J connectivity index is 2.42. The summed E-state index contributed by atoms with van der Waals surface area (Å²) in [7, 11) is 1.58. The van der Waals surface area contributed by atoms with Crippen molar-refractivity contribution in [3.63, 3.8) is 0 Å². The third-order valence-electron chi connectivity index (χ3n) is 1.92. The highest BCUT2D eigenvalue weighted by Gasteiger charge is 2.12. The molecule has 0 amide bonds. The average Bonchev–Trinajstić information content (AvgIpc) is 2.18. The molecule has 0 aromatic carbocycles. The van der Waals surface area contributed by atoms with E-state index in [4.69, 9.17) is 15.4 Å². The average molecular weight is 197 g/mol. The van der Waals surface area contributed by atoms with Gasteiger partial charge < -0.3 is 15.4 Å². The normalized spacial score (nSPS) is 21.1. The van der Waals surface area contributed by atoms with Gasteiger partial charge in [0.15, 0.2) is 0 Å². The fraction of sp³-hybridized carbons (Fsp3) is 0.444. The van der Waals surface area contributed by atoms with Crippen LogP contribution in [0.4, 0.5) is 0 Å². The first kappa shape index (κ1) is 11.1. The van der Waals surface area contributed by atoms with Gasteiger partial charge in [-0.3, -0.25) is 5.32 Å². The molecule has 78 valence electrons. The molecule has 0 fully saturated rings. The molecule has 1 atom stereocenters. The summed E-state index contributed by atoms with van der Waals surface area (Å²) >= 11 is 0. The van der Waals surface area contributed by atoms with Crippen LogP contribution in [-0.4, -0.2) is 37.3 Å². The van der Waals surface area contributed by atoms with E-state index in [0.717, 1.165) is 5.57 Å². The van der Waals surface area contributed by atoms with Gasteiger partial charge in [0.05, 0.1) is 12.4 Å². The molecule has 5 heteroatoms. The molecule has 0 saturated carbocycles. The minimum Gasteiger partial charge on any atom is -0.371 e. The quantitative estimate of drug-likeness (QED) is 0.285. The Morgan fingerprint density at radius 1 is 1.64 bits per heavy atom. The van der Waals surface area contributed by atoms with E-state index in [-0.39, 0.29) is 6.10 Å². The molecule has 1 rings (SSSR count). The lowest BCUT2D eigenvalue weighted by Crippen LogP contribution is -2.29. The molecule has 5 nitrogen and oxygen atoms in total. The van der Waals surface area contributed by atoms with Crippen molar-refractivity contribution in [1.82, 2.24) is 10.8 Å². The minimum absolute atomic E-state index is 0.227. The maximum Gasteiger partial charge on any atom is 0.117 e. The van der Waals surface area contributed by atoms with Crippen molar-refractivity contribution in [3.8, 4) is 0 Å². The van der Waals surface area contributed by atoms with Gasteiger partial charge in [0.25, 0.3) is 0 Å². The maximum atomic E-state index is 8.32. The largest absolute Gasteiger partial charge is 0.371 e. The number of hydroxylamine groups is 1. The van der Waals surface area contributed by atoms with E-state index in [1.807, 2.05) is 17.6 Å². The highest BCUT2D eigenvalue weighted by Crippen LogP contribution is 2.09. The molecule has 0 aliphatic heterocycles. The number of methoxy groups -OCH3 is 1. The Kier molecular flexibility index (Phi) is 4.48. The summed E-state index contributed by atoms with van der Waals surface area (Å²) in [6.45, 7) is 0.940. The van der Waals surface area contributed by atoms with Gasteiger partial charge in [-0.15, -0.1) is 0 Å². The molecule has 0 aromatic rings. The summed E-state index contributed by atoms with van der Waals surface area (Å²) in [6, 6.07) is 0. The fourth-order valence-electron chi connectivity index (χ4n) is 1.22. The van der Waals surface area contributed by atoms with Gasteiger partial charge >= 0.3 is 0 Å². The van der Waals surface area contributed by atoms with Crippen LogP contribution in [0.2, 0.25) is 0 Å². The van der Waals surface area contributed by atoms with E-state index >= 15 is 0 Å². The molecule has 0 bridgehead atoms. The van der Waals surface area contributed by atoms with Crippen LogP contribution in [0, 0.1) is 5.41 Å². The highest BCUT2D eigenvalue weighted by molar-refractivity contribution is 5.99. The summed E-state index contributed by atoms with van der Waals surface area (Å²) in [5.41, 5.74) is 3.44. The van der Waals surface area contributed by atoms with Crippen LogP contribution in [0.15, 0.2) is 23.8 Å². The van der Waals surface area contributed by atoms with Crippen molar-refractivity contribution < 1.29 is 9.94 Å². The third kappa shape index (κ3) is 3.04. The van der Waals surface area contributed by atoms with Crippen LogP contribution in [0.3, 0.4) is 0 Å². The number of rotatable bonds is 5. The van der Waals surface area contributed by atoms with E-state index in [1.165, 1.54) is 0 Å². The molecule has 0 aromatic heterocycles. The van der Waals surface area contributed by atoms with Crippen molar-refractivity contribution in [3.05, 3.63) is 23.8 Å². The molecule has 1 unspecified atom stereocenters. The zero-order valence-corrected chi connectivity index (χ0v) is 8.08. The molecular formula is C9H15N3O2. The molecule has 0 radical (unpaired) electrons. The molecule has 1 aliphatic rings. The van der Waals surface area contributed by atoms with Gasteiger partial charge in [0, 0.05) is 13.7 Å². The lowest BCUT2D eigenvalue weighted by Gasteiger charge is -2.15. The Labute approximate surface area is 82.9 Å². The summed E-state index contributed by atoms with van der Waals surface area (Å²) in [5.74, 6) is 0. The zero-order chi connectivity index (χ0) is 10.4. The third-order valence-corrected chi connectivity index (χ3v) is 1.92. The zero-order valence-electron chi connectivity index (χ0n) is 8.08. The van der Waals surface area contributed by atoms with Crippen molar-refractivity contribution >= 4 is 5.71 Å².